The normalized spacial score (nSPS) is 15.6. The summed E-state index contributed by atoms with van der Waals surface area (Å²) in [6.07, 6.45) is 3.66. The van der Waals surface area contributed by atoms with Crippen LogP contribution in [0.15, 0.2) is 64.0 Å². The van der Waals surface area contributed by atoms with Gasteiger partial charge in [0.1, 0.15) is 11.9 Å². The summed E-state index contributed by atoms with van der Waals surface area (Å²) in [5, 5.41) is 11.6. The largest absolute Gasteiger partial charge is 0.493 e. The molecule has 1 aliphatic rings. The van der Waals surface area contributed by atoms with Crippen LogP contribution in [0.1, 0.15) is 54.7 Å². The van der Waals surface area contributed by atoms with Crippen LogP contribution >= 0.6 is 27.5 Å². The van der Waals surface area contributed by atoms with Gasteiger partial charge in [-0.15, -0.1) is 0 Å². The minimum absolute atomic E-state index is 0.00935. The van der Waals surface area contributed by atoms with Crippen molar-refractivity contribution in [2.45, 2.75) is 37.6 Å². The van der Waals surface area contributed by atoms with E-state index in [1.165, 1.54) is 4.57 Å². The van der Waals surface area contributed by atoms with Crippen LogP contribution in [-0.4, -0.2) is 24.6 Å². The number of nitrogens with zero attached hydrogens (tertiary/aromatic N) is 2. The summed E-state index contributed by atoms with van der Waals surface area (Å²) in [7, 11) is 0. The van der Waals surface area contributed by atoms with Gasteiger partial charge in [0.25, 0.3) is 0 Å². The molecule has 2 heterocycles. The SMILES string of the molecule is C[C@@H](c1ccccc1)[C@@H](c1ncc(-c2ccc(Br)cc2Cl)[nH]1)n1c(O)c(C2CC2)[nH]c1=O. The van der Waals surface area contributed by atoms with E-state index in [1.807, 2.05) is 55.5 Å². The fourth-order valence-corrected chi connectivity index (χ4v) is 5.00. The third kappa shape index (κ3) is 3.80. The Kier molecular flexibility index (Phi) is 5.47. The number of nitrogens with one attached hydrogen (secondary N) is 2. The van der Waals surface area contributed by atoms with E-state index < -0.39 is 6.04 Å². The van der Waals surface area contributed by atoms with Crippen molar-refractivity contribution in [2.75, 3.05) is 0 Å². The molecule has 5 rings (SSSR count). The van der Waals surface area contributed by atoms with Gasteiger partial charge >= 0.3 is 5.69 Å². The van der Waals surface area contributed by atoms with E-state index in [2.05, 4.69) is 30.9 Å². The Balaban J connectivity index is 1.63. The standard InChI is InChI=1S/C24H22BrClN4O2/c1-13(14-5-3-2-4-6-14)21(30-23(31)20(15-7-8-15)29-24(30)32)22-27-12-19(28-22)17-10-9-16(25)11-18(17)26/h2-6,9-13,15,21,31H,7-8H2,1H3,(H,27,28)(H,29,32)/t13-,21-/m0/s1. The highest BCUT2D eigenvalue weighted by Crippen LogP contribution is 2.44. The first-order valence-corrected chi connectivity index (χ1v) is 11.7. The van der Waals surface area contributed by atoms with Crippen LogP contribution in [-0.2, 0) is 0 Å². The third-order valence-corrected chi connectivity index (χ3v) is 6.90. The Labute approximate surface area is 198 Å². The molecule has 0 amide bonds. The molecule has 0 aliphatic heterocycles. The molecular weight excluding hydrogens is 492 g/mol. The maximum absolute atomic E-state index is 13.0. The number of aromatic hydroxyl groups is 1. The highest BCUT2D eigenvalue weighted by Gasteiger charge is 2.35. The number of imidazole rings is 2. The van der Waals surface area contributed by atoms with Gasteiger partial charge in [-0.3, -0.25) is 4.57 Å². The molecule has 3 N–H and O–H groups in total. The molecule has 32 heavy (non-hydrogen) atoms. The Morgan fingerprint density at radius 1 is 1.19 bits per heavy atom. The summed E-state index contributed by atoms with van der Waals surface area (Å²) in [5.74, 6) is 0.645. The molecule has 2 aromatic carbocycles. The molecule has 0 radical (unpaired) electrons. The fourth-order valence-electron chi connectivity index (χ4n) is 4.23. The highest BCUT2D eigenvalue weighted by atomic mass is 79.9. The van der Waals surface area contributed by atoms with Crippen LogP contribution < -0.4 is 5.69 Å². The van der Waals surface area contributed by atoms with Crippen molar-refractivity contribution in [3.05, 3.63) is 91.8 Å². The van der Waals surface area contributed by atoms with E-state index in [9.17, 15) is 9.90 Å². The summed E-state index contributed by atoms with van der Waals surface area (Å²) >= 11 is 9.87. The summed E-state index contributed by atoms with van der Waals surface area (Å²) in [4.78, 5) is 23.8. The first kappa shape index (κ1) is 21.1. The Morgan fingerprint density at radius 3 is 2.62 bits per heavy atom. The lowest BCUT2D eigenvalue weighted by molar-refractivity contribution is 0.365. The Bertz CT molecular complexity index is 1320. The first-order chi connectivity index (χ1) is 15.4. The number of hydrogen-bond donors (Lipinski definition) is 3. The monoisotopic (exact) mass is 512 g/mol. The van der Waals surface area contributed by atoms with Crippen molar-refractivity contribution in [3.8, 4) is 17.1 Å². The molecule has 1 fully saturated rings. The molecule has 1 aliphatic carbocycles. The number of benzene rings is 2. The van der Waals surface area contributed by atoms with Crippen molar-refractivity contribution in [3.63, 3.8) is 0 Å². The van der Waals surface area contributed by atoms with E-state index in [-0.39, 0.29) is 23.4 Å². The molecule has 1 saturated carbocycles. The van der Waals surface area contributed by atoms with Crippen LogP contribution in [0.3, 0.4) is 0 Å². The molecule has 0 spiro atoms. The molecule has 0 unspecified atom stereocenters. The van der Waals surface area contributed by atoms with Crippen LogP contribution in [0.25, 0.3) is 11.3 Å². The van der Waals surface area contributed by atoms with E-state index >= 15 is 0 Å². The van der Waals surface area contributed by atoms with E-state index in [0.717, 1.165) is 34.1 Å². The lowest BCUT2D eigenvalue weighted by Gasteiger charge is -2.24. The zero-order chi connectivity index (χ0) is 22.4. The highest BCUT2D eigenvalue weighted by molar-refractivity contribution is 9.10. The fraction of sp³-hybridized carbons (Fsp3) is 0.250. The van der Waals surface area contributed by atoms with Gasteiger partial charge in [-0.1, -0.05) is 70.9 Å². The van der Waals surface area contributed by atoms with Crippen LogP contribution in [0.2, 0.25) is 5.02 Å². The summed E-state index contributed by atoms with van der Waals surface area (Å²) in [6.45, 7) is 2.03. The molecule has 0 saturated heterocycles. The smallest absolute Gasteiger partial charge is 0.329 e. The average molecular weight is 514 g/mol. The number of aromatic amines is 2. The van der Waals surface area contributed by atoms with E-state index in [4.69, 9.17) is 11.6 Å². The minimum atomic E-state index is -0.531. The van der Waals surface area contributed by atoms with Crippen molar-refractivity contribution >= 4 is 27.5 Å². The number of H-pyrrole nitrogens is 2. The van der Waals surface area contributed by atoms with Gasteiger partial charge in [-0.25, -0.2) is 9.78 Å². The summed E-state index contributed by atoms with van der Waals surface area (Å²) in [6, 6.07) is 15.0. The van der Waals surface area contributed by atoms with Crippen molar-refractivity contribution in [1.29, 1.82) is 0 Å². The summed E-state index contributed by atoms with van der Waals surface area (Å²) < 4.78 is 2.31. The predicted octanol–water partition coefficient (Wildman–Crippen LogP) is 5.96. The third-order valence-electron chi connectivity index (χ3n) is 6.09. The van der Waals surface area contributed by atoms with Gasteiger partial charge in [0.15, 0.2) is 0 Å². The Hall–Kier alpha value is -2.77. The molecule has 2 atom stereocenters. The second-order valence-electron chi connectivity index (χ2n) is 8.26. The zero-order valence-electron chi connectivity index (χ0n) is 17.3. The van der Waals surface area contributed by atoms with Gasteiger partial charge in [-0.05, 0) is 30.5 Å². The molecule has 4 aromatic rings. The second-order valence-corrected chi connectivity index (χ2v) is 9.59. The van der Waals surface area contributed by atoms with Crippen LogP contribution in [0, 0.1) is 0 Å². The maximum atomic E-state index is 13.0. The van der Waals surface area contributed by atoms with Gasteiger partial charge in [0, 0.05) is 21.9 Å². The van der Waals surface area contributed by atoms with Gasteiger partial charge in [0.05, 0.1) is 22.6 Å². The molecular formula is C24H22BrClN4O2. The van der Waals surface area contributed by atoms with Gasteiger partial charge in [-0.2, -0.15) is 0 Å². The lowest BCUT2D eigenvalue weighted by atomic mass is 9.92. The number of hydrogen-bond acceptors (Lipinski definition) is 3. The van der Waals surface area contributed by atoms with Crippen molar-refractivity contribution < 1.29 is 5.11 Å². The quantitative estimate of drug-likeness (QED) is 0.297. The second kappa shape index (κ2) is 8.30. The van der Waals surface area contributed by atoms with Gasteiger partial charge < -0.3 is 15.1 Å². The lowest BCUT2D eigenvalue weighted by Crippen LogP contribution is -2.27. The summed E-state index contributed by atoms with van der Waals surface area (Å²) in [5.41, 5.74) is 2.87. The number of aromatic nitrogens is 4. The predicted molar refractivity (Wildman–Crippen MR) is 128 cm³/mol. The molecule has 164 valence electrons. The Morgan fingerprint density at radius 2 is 1.94 bits per heavy atom. The molecule has 2 aromatic heterocycles. The number of halogens is 2. The first-order valence-electron chi connectivity index (χ1n) is 10.5. The molecule has 6 nitrogen and oxygen atoms in total. The van der Waals surface area contributed by atoms with Crippen molar-refractivity contribution in [2.24, 2.45) is 0 Å². The minimum Gasteiger partial charge on any atom is -0.493 e. The molecule has 0 bridgehead atoms. The van der Waals surface area contributed by atoms with E-state index in [0.29, 0.717) is 16.5 Å². The van der Waals surface area contributed by atoms with Crippen molar-refractivity contribution in [1.82, 2.24) is 19.5 Å². The van der Waals surface area contributed by atoms with E-state index in [1.54, 1.807) is 6.20 Å². The topological polar surface area (TPSA) is 86.7 Å². The van der Waals surface area contributed by atoms with Gasteiger partial charge in [0.2, 0.25) is 5.88 Å². The average Bonchev–Trinajstić information content (AvgIpc) is 3.44. The van der Waals surface area contributed by atoms with Crippen LogP contribution in [0.4, 0.5) is 0 Å². The zero-order valence-corrected chi connectivity index (χ0v) is 19.7. The molecule has 8 heteroatoms. The maximum Gasteiger partial charge on any atom is 0.329 e. The van der Waals surface area contributed by atoms with Crippen LogP contribution in [0.5, 0.6) is 5.88 Å². The number of rotatable bonds is 6.